The largest absolute Gasteiger partial charge is 0.405 e. The monoisotopic (exact) mass is 366 g/mol. The maximum Gasteiger partial charge on any atom is 0.405 e. The summed E-state index contributed by atoms with van der Waals surface area (Å²) in [6.45, 7) is -0.596. The summed E-state index contributed by atoms with van der Waals surface area (Å²) in [5.41, 5.74) is 1.01. The smallest absolute Gasteiger partial charge is 0.360 e. The Labute approximate surface area is 144 Å². The van der Waals surface area contributed by atoms with E-state index in [-0.39, 0.29) is 12.2 Å². The zero-order valence-corrected chi connectivity index (χ0v) is 13.3. The molecule has 0 saturated carbocycles. The third-order valence-electron chi connectivity index (χ3n) is 4.12. The van der Waals surface area contributed by atoms with Crippen LogP contribution < -0.4 is 10.2 Å². The van der Waals surface area contributed by atoms with E-state index in [1.807, 2.05) is 16.3 Å². The van der Waals surface area contributed by atoms with Crippen LogP contribution in [0.2, 0.25) is 0 Å². The molecule has 2 N–H and O–H groups in total. The highest BCUT2D eigenvalue weighted by Crippen LogP contribution is 2.29. The average Bonchev–Trinajstić information content (AvgIpc) is 3.24. The zero-order chi connectivity index (χ0) is 18.3. The van der Waals surface area contributed by atoms with Crippen molar-refractivity contribution < 1.29 is 22.5 Å². The van der Waals surface area contributed by atoms with E-state index < -0.39 is 18.6 Å². The highest BCUT2D eigenvalue weighted by molar-refractivity contribution is 5.94. The predicted octanol–water partition coefficient (Wildman–Crippen LogP) is 1.80. The standard InChI is InChI=1S/C15H13F3N6O2/c16-15(17,18)6-20-14(25)11-9-5-24(4-2-10(9)26-23-11)13-8-1-3-19-12(8)21-7-22-13/h1,3,7H,2,4-6H2,(H,20,25)(H,19,21,22). The first-order chi connectivity index (χ1) is 12.4. The fourth-order valence-corrected chi connectivity index (χ4v) is 2.94. The number of nitrogens with one attached hydrogen (secondary N) is 2. The van der Waals surface area contributed by atoms with Gasteiger partial charge in [0.15, 0.2) is 5.69 Å². The van der Waals surface area contributed by atoms with Crippen molar-refractivity contribution in [1.29, 1.82) is 0 Å². The van der Waals surface area contributed by atoms with Crippen LogP contribution in [0.15, 0.2) is 23.1 Å². The van der Waals surface area contributed by atoms with Crippen LogP contribution in [0.1, 0.15) is 21.8 Å². The second-order valence-corrected chi connectivity index (χ2v) is 5.84. The van der Waals surface area contributed by atoms with Crippen molar-refractivity contribution >= 4 is 22.8 Å². The number of halogens is 3. The SMILES string of the molecule is O=C(NCC(F)(F)F)c1noc2c1CN(c1ncnc3[nH]ccc13)CC2. The number of alkyl halides is 3. The number of anilines is 1. The van der Waals surface area contributed by atoms with Crippen molar-refractivity contribution in [1.82, 2.24) is 25.4 Å². The Kier molecular flexibility index (Phi) is 3.78. The van der Waals surface area contributed by atoms with Gasteiger partial charge in [-0.2, -0.15) is 13.2 Å². The lowest BCUT2D eigenvalue weighted by Gasteiger charge is -2.27. The van der Waals surface area contributed by atoms with Crippen molar-refractivity contribution in [2.24, 2.45) is 0 Å². The van der Waals surface area contributed by atoms with Crippen LogP contribution >= 0.6 is 0 Å². The summed E-state index contributed by atoms with van der Waals surface area (Å²) >= 11 is 0. The van der Waals surface area contributed by atoms with E-state index in [2.05, 4.69) is 20.1 Å². The molecule has 0 atom stereocenters. The number of H-pyrrole nitrogens is 1. The molecule has 0 aromatic carbocycles. The molecule has 1 aliphatic heterocycles. The van der Waals surface area contributed by atoms with Crippen LogP contribution in [0.3, 0.4) is 0 Å². The minimum Gasteiger partial charge on any atom is -0.360 e. The van der Waals surface area contributed by atoms with Crippen LogP contribution in [-0.4, -0.2) is 45.3 Å². The minimum atomic E-state index is -4.49. The number of carbonyl (C=O) groups excluding carboxylic acids is 1. The molecule has 8 nitrogen and oxygen atoms in total. The number of fused-ring (bicyclic) bond motifs is 2. The third-order valence-corrected chi connectivity index (χ3v) is 4.12. The number of carbonyl (C=O) groups is 1. The van der Waals surface area contributed by atoms with Crippen LogP contribution in [0.25, 0.3) is 11.0 Å². The number of hydrogen-bond donors (Lipinski definition) is 2. The van der Waals surface area contributed by atoms with Gasteiger partial charge in [-0.15, -0.1) is 0 Å². The van der Waals surface area contributed by atoms with E-state index in [0.29, 0.717) is 35.8 Å². The lowest BCUT2D eigenvalue weighted by molar-refractivity contribution is -0.123. The minimum absolute atomic E-state index is 0.131. The molecular weight excluding hydrogens is 353 g/mol. The number of amides is 1. The van der Waals surface area contributed by atoms with Gasteiger partial charge in [0.2, 0.25) is 0 Å². The van der Waals surface area contributed by atoms with Crippen molar-refractivity contribution in [2.75, 3.05) is 18.0 Å². The summed E-state index contributed by atoms with van der Waals surface area (Å²) in [5, 5.41) is 6.29. The lowest BCUT2D eigenvalue weighted by Crippen LogP contribution is -2.36. The van der Waals surface area contributed by atoms with Crippen LogP contribution in [0, 0.1) is 0 Å². The molecule has 4 rings (SSSR count). The molecule has 0 unspecified atom stereocenters. The normalized spacial score (nSPS) is 14.5. The first-order valence-corrected chi connectivity index (χ1v) is 7.78. The summed E-state index contributed by atoms with van der Waals surface area (Å²) in [6, 6.07) is 1.84. The summed E-state index contributed by atoms with van der Waals surface area (Å²) < 4.78 is 42.1. The number of hydrogen-bond acceptors (Lipinski definition) is 6. The summed E-state index contributed by atoms with van der Waals surface area (Å²) in [6.07, 6.45) is -0.862. The number of aromatic nitrogens is 4. The highest BCUT2D eigenvalue weighted by Gasteiger charge is 2.32. The van der Waals surface area contributed by atoms with E-state index in [1.165, 1.54) is 6.33 Å². The summed E-state index contributed by atoms with van der Waals surface area (Å²) in [5.74, 6) is 0.256. The van der Waals surface area contributed by atoms with Crippen molar-refractivity contribution in [3.8, 4) is 0 Å². The van der Waals surface area contributed by atoms with E-state index in [9.17, 15) is 18.0 Å². The molecule has 0 saturated heterocycles. The number of nitrogens with zero attached hydrogens (tertiary/aromatic N) is 4. The molecule has 0 aliphatic carbocycles. The Morgan fingerprint density at radius 1 is 1.38 bits per heavy atom. The Morgan fingerprint density at radius 3 is 3.04 bits per heavy atom. The predicted molar refractivity (Wildman–Crippen MR) is 83.5 cm³/mol. The molecule has 11 heteroatoms. The molecule has 4 heterocycles. The van der Waals surface area contributed by atoms with Gasteiger partial charge in [0.05, 0.1) is 11.9 Å². The molecule has 3 aromatic rings. The van der Waals surface area contributed by atoms with E-state index in [1.54, 1.807) is 6.20 Å². The fourth-order valence-electron chi connectivity index (χ4n) is 2.94. The molecule has 0 radical (unpaired) electrons. The van der Waals surface area contributed by atoms with Gasteiger partial charge in [-0.25, -0.2) is 9.97 Å². The molecule has 1 amide bonds. The van der Waals surface area contributed by atoms with Gasteiger partial charge in [0.1, 0.15) is 30.1 Å². The van der Waals surface area contributed by atoms with Gasteiger partial charge >= 0.3 is 6.18 Å². The maximum atomic E-state index is 12.3. The lowest BCUT2D eigenvalue weighted by atomic mass is 10.1. The number of aromatic amines is 1. The Bertz CT molecular complexity index is 964. The first-order valence-electron chi connectivity index (χ1n) is 7.78. The summed E-state index contributed by atoms with van der Waals surface area (Å²) in [7, 11) is 0. The van der Waals surface area contributed by atoms with Gasteiger partial charge in [-0.05, 0) is 6.07 Å². The third kappa shape index (κ3) is 2.95. The second-order valence-electron chi connectivity index (χ2n) is 5.84. The van der Waals surface area contributed by atoms with Crippen LogP contribution in [0.5, 0.6) is 0 Å². The molecule has 0 spiro atoms. The first kappa shape index (κ1) is 16.4. The van der Waals surface area contributed by atoms with Crippen molar-refractivity contribution in [3.05, 3.63) is 35.6 Å². The fraction of sp³-hybridized carbons (Fsp3) is 0.333. The molecule has 0 fully saturated rings. The van der Waals surface area contributed by atoms with Crippen LogP contribution in [-0.2, 0) is 13.0 Å². The number of rotatable bonds is 3. The topological polar surface area (TPSA) is 99.9 Å². The summed E-state index contributed by atoms with van der Waals surface area (Å²) in [4.78, 5) is 25.4. The Hall–Kier alpha value is -3.11. The van der Waals surface area contributed by atoms with E-state index in [0.717, 1.165) is 5.39 Å². The molecule has 3 aromatic heterocycles. The van der Waals surface area contributed by atoms with Crippen molar-refractivity contribution in [2.45, 2.75) is 19.1 Å². The van der Waals surface area contributed by atoms with E-state index >= 15 is 0 Å². The molecule has 136 valence electrons. The van der Waals surface area contributed by atoms with Crippen LogP contribution in [0.4, 0.5) is 19.0 Å². The zero-order valence-electron chi connectivity index (χ0n) is 13.3. The second kappa shape index (κ2) is 6.00. The molecular formula is C15H13F3N6O2. The Balaban J connectivity index is 1.60. The van der Waals surface area contributed by atoms with Crippen molar-refractivity contribution in [3.63, 3.8) is 0 Å². The van der Waals surface area contributed by atoms with Gasteiger partial charge < -0.3 is 19.7 Å². The van der Waals surface area contributed by atoms with Gasteiger partial charge in [-0.3, -0.25) is 4.79 Å². The Morgan fingerprint density at radius 2 is 2.23 bits per heavy atom. The quantitative estimate of drug-likeness (QED) is 0.733. The maximum absolute atomic E-state index is 12.3. The van der Waals surface area contributed by atoms with Gasteiger partial charge in [0, 0.05) is 24.7 Å². The van der Waals surface area contributed by atoms with Gasteiger partial charge in [0.25, 0.3) is 5.91 Å². The molecule has 26 heavy (non-hydrogen) atoms. The molecule has 1 aliphatic rings. The van der Waals surface area contributed by atoms with E-state index in [4.69, 9.17) is 4.52 Å². The van der Waals surface area contributed by atoms with Gasteiger partial charge in [-0.1, -0.05) is 5.16 Å². The average molecular weight is 366 g/mol. The highest BCUT2D eigenvalue weighted by atomic mass is 19.4. The molecule has 0 bridgehead atoms.